The minimum Gasteiger partial charge on any atom is -0.480 e. The molecule has 5 N–H and O–H groups in total. The predicted octanol–water partition coefficient (Wildman–Crippen LogP) is 3.18. The third kappa shape index (κ3) is 6.13. The average molecular weight is 464 g/mol. The molecule has 0 spiro atoms. The first-order chi connectivity index (χ1) is 14.8. The quantitative estimate of drug-likeness (QED) is 0.195. The number of hydrogen-bond donors (Lipinski definition) is 4. The van der Waals surface area contributed by atoms with Crippen LogP contribution in [0.4, 0.5) is 4.39 Å². The number of aliphatic carboxylic acids is 1. The van der Waals surface area contributed by atoms with Crippen molar-refractivity contribution in [3.05, 3.63) is 51.5 Å². The van der Waals surface area contributed by atoms with E-state index in [1.807, 2.05) is 0 Å². The van der Waals surface area contributed by atoms with Crippen molar-refractivity contribution in [1.82, 2.24) is 5.32 Å². The van der Waals surface area contributed by atoms with Gasteiger partial charge in [-0.2, -0.15) is 0 Å². The predicted molar refractivity (Wildman–Crippen MR) is 119 cm³/mol. The maximum absolute atomic E-state index is 14.1. The van der Waals surface area contributed by atoms with Gasteiger partial charge in [-0.1, -0.05) is 27.7 Å². The van der Waals surface area contributed by atoms with Gasteiger partial charge >= 0.3 is 11.9 Å². The number of carbonyl (C=O) groups is 3. The molecule has 10 heteroatoms. The molecule has 0 aliphatic carbocycles. The van der Waals surface area contributed by atoms with Crippen LogP contribution >= 0.6 is 11.3 Å². The van der Waals surface area contributed by atoms with Gasteiger partial charge in [0.25, 0.3) is 0 Å². The Balaban J connectivity index is 2.08. The molecule has 1 unspecified atom stereocenters. The molecule has 8 nitrogen and oxygen atoms in total. The van der Waals surface area contributed by atoms with E-state index < -0.39 is 35.1 Å². The number of halogens is 1. The van der Waals surface area contributed by atoms with Gasteiger partial charge in [0.15, 0.2) is 11.6 Å². The minimum absolute atomic E-state index is 0.170. The van der Waals surface area contributed by atoms with E-state index in [4.69, 9.17) is 15.9 Å². The normalized spacial score (nSPS) is 12.3. The van der Waals surface area contributed by atoms with Gasteiger partial charge in [0.1, 0.15) is 16.8 Å². The smallest absolute Gasteiger partial charge is 0.353 e. The molecule has 0 bridgehead atoms. The van der Waals surface area contributed by atoms with Gasteiger partial charge in [0, 0.05) is 15.9 Å². The van der Waals surface area contributed by atoms with Crippen LogP contribution in [0.3, 0.4) is 0 Å². The summed E-state index contributed by atoms with van der Waals surface area (Å²) < 4.78 is 19.2. The monoisotopic (exact) mass is 463 g/mol. The SMILES string of the molecule is CC(C)C(NC(=O)C(C)(C)Cc1ccc(C(=O)Oc2ccc(C(=N)N)cc2F)s1)C(=O)O. The van der Waals surface area contributed by atoms with Gasteiger partial charge in [-0.3, -0.25) is 10.2 Å². The van der Waals surface area contributed by atoms with Crippen molar-refractivity contribution < 1.29 is 28.6 Å². The first-order valence-corrected chi connectivity index (χ1v) is 10.6. The highest BCUT2D eigenvalue weighted by molar-refractivity contribution is 7.14. The number of nitrogens with one attached hydrogen (secondary N) is 2. The number of nitrogens with two attached hydrogens (primary N) is 1. The van der Waals surface area contributed by atoms with E-state index in [1.54, 1.807) is 33.8 Å². The van der Waals surface area contributed by atoms with Crippen LogP contribution in [-0.4, -0.2) is 34.8 Å². The Hall–Kier alpha value is -3.27. The van der Waals surface area contributed by atoms with Gasteiger partial charge in [0.2, 0.25) is 5.91 Å². The van der Waals surface area contributed by atoms with Crippen molar-refractivity contribution in [3.8, 4) is 5.75 Å². The molecule has 0 fully saturated rings. The number of esters is 1. The highest BCUT2D eigenvalue weighted by Crippen LogP contribution is 2.28. The van der Waals surface area contributed by atoms with E-state index in [2.05, 4.69) is 5.32 Å². The topological polar surface area (TPSA) is 143 Å². The lowest BCUT2D eigenvalue weighted by Gasteiger charge is -2.27. The number of rotatable bonds is 9. The van der Waals surface area contributed by atoms with Gasteiger partial charge in [-0.05, 0) is 42.7 Å². The molecule has 0 saturated heterocycles. The number of nitrogen functional groups attached to an aromatic ring is 1. The Labute approximate surface area is 189 Å². The van der Waals surface area contributed by atoms with Crippen molar-refractivity contribution in [2.24, 2.45) is 17.1 Å². The zero-order valence-electron chi connectivity index (χ0n) is 18.2. The third-order valence-electron chi connectivity index (χ3n) is 4.76. The van der Waals surface area contributed by atoms with Crippen molar-refractivity contribution in [3.63, 3.8) is 0 Å². The summed E-state index contributed by atoms with van der Waals surface area (Å²) in [6.45, 7) is 6.79. The molecule has 0 saturated carbocycles. The van der Waals surface area contributed by atoms with Gasteiger partial charge < -0.3 is 20.9 Å². The number of hydrogen-bond acceptors (Lipinski definition) is 6. The second kappa shape index (κ2) is 9.90. The zero-order chi connectivity index (χ0) is 24.2. The fourth-order valence-electron chi connectivity index (χ4n) is 2.85. The summed E-state index contributed by atoms with van der Waals surface area (Å²) in [5, 5.41) is 19.2. The molecule has 1 heterocycles. The molecule has 2 aromatic rings. The molecule has 1 aromatic heterocycles. The van der Waals surface area contributed by atoms with Crippen LogP contribution < -0.4 is 15.8 Å². The van der Waals surface area contributed by atoms with Crippen LogP contribution in [0.1, 0.15) is 47.8 Å². The number of amidine groups is 1. The number of carbonyl (C=O) groups excluding carboxylic acids is 2. The maximum atomic E-state index is 14.1. The summed E-state index contributed by atoms with van der Waals surface area (Å²) in [5.74, 6) is -3.97. The Morgan fingerprint density at radius 1 is 1.25 bits per heavy atom. The van der Waals surface area contributed by atoms with Crippen molar-refractivity contribution in [2.75, 3.05) is 0 Å². The standard InChI is InChI=1S/C22H26FN3O5S/c1-11(2)17(19(27)28)26-21(30)22(3,4)10-13-6-8-16(32-13)20(29)31-15-7-5-12(18(24)25)9-14(15)23/h5-9,11,17H,10H2,1-4H3,(H3,24,25)(H,26,30)(H,27,28). The molecule has 1 aromatic carbocycles. The molecule has 0 aliphatic rings. The second-order valence-electron chi connectivity index (χ2n) is 8.31. The van der Waals surface area contributed by atoms with Gasteiger partial charge in [0.05, 0.1) is 0 Å². The minimum atomic E-state index is -1.10. The molecule has 2 rings (SSSR count). The number of carboxylic acids is 1. The van der Waals surface area contributed by atoms with Crippen molar-refractivity contribution >= 4 is 35.0 Å². The Morgan fingerprint density at radius 2 is 1.91 bits per heavy atom. The third-order valence-corrected chi connectivity index (χ3v) is 5.82. The van der Waals surface area contributed by atoms with Gasteiger partial charge in [-0.25, -0.2) is 14.0 Å². The molecule has 0 aliphatic heterocycles. The molecule has 32 heavy (non-hydrogen) atoms. The summed E-state index contributed by atoms with van der Waals surface area (Å²) >= 11 is 1.10. The van der Waals surface area contributed by atoms with E-state index in [0.29, 0.717) is 4.88 Å². The van der Waals surface area contributed by atoms with Crippen molar-refractivity contribution in [1.29, 1.82) is 5.41 Å². The van der Waals surface area contributed by atoms with E-state index in [0.717, 1.165) is 17.4 Å². The zero-order valence-corrected chi connectivity index (χ0v) is 19.0. The largest absolute Gasteiger partial charge is 0.480 e. The Bertz CT molecular complexity index is 1050. The van der Waals surface area contributed by atoms with E-state index in [-0.39, 0.29) is 34.4 Å². The summed E-state index contributed by atoms with van der Waals surface area (Å²) in [5.41, 5.74) is 4.55. The second-order valence-corrected chi connectivity index (χ2v) is 9.48. The van der Waals surface area contributed by atoms with Crippen LogP contribution in [0.5, 0.6) is 5.75 Å². The summed E-state index contributed by atoms with van der Waals surface area (Å²) in [7, 11) is 0. The van der Waals surface area contributed by atoms with E-state index in [9.17, 15) is 23.9 Å². The molecule has 1 atom stereocenters. The van der Waals surface area contributed by atoms with Crippen LogP contribution in [0, 0.1) is 22.6 Å². The van der Waals surface area contributed by atoms with Crippen LogP contribution in [-0.2, 0) is 16.0 Å². The van der Waals surface area contributed by atoms with E-state index in [1.165, 1.54) is 18.2 Å². The van der Waals surface area contributed by atoms with Crippen molar-refractivity contribution in [2.45, 2.75) is 40.2 Å². The lowest BCUT2D eigenvalue weighted by Crippen LogP contribution is -2.49. The first-order valence-electron chi connectivity index (χ1n) is 9.80. The highest BCUT2D eigenvalue weighted by atomic mass is 32.1. The first kappa shape index (κ1) is 25.0. The van der Waals surface area contributed by atoms with E-state index >= 15 is 0 Å². The number of carboxylic acid groups (broad SMARTS) is 1. The molecule has 1 amide bonds. The molecule has 0 radical (unpaired) electrons. The molecular formula is C22H26FN3O5S. The van der Waals surface area contributed by atoms with Gasteiger partial charge in [-0.15, -0.1) is 11.3 Å². The van der Waals surface area contributed by atoms with Crippen LogP contribution in [0.2, 0.25) is 0 Å². The summed E-state index contributed by atoms with van der Waals surface area (Å²) in [6, 6.07) is 5.79. The Kier molecular flexibility index (Phi) is 7.73. The number of benzene rings is 1. The number of amides is 1. The molecule has 172 valence electrons. The van der Waals surface area contributed by atoms with Crippen LogP contribution in [0.15, 0.2) is 30.3 Å². The lowest BCUT2D eigenvalue weighted by atomic mass is 9.86. The molecular weight excluding hydrogens is 437 g/mol. The number of ether oxygens (including phenoxy) is 1. The highest BCUT2D eigenvalue weighted by Gasteiger charge is 2.33. The number of thiophene rings is 1. The van der Waals surface area contributed by atoms with Crippen LogP contribution in [0.25, 0.3) is 0 Å². The lowest BCUT2D eigenvalue weighted by molar-refractivity contribution is -0.144. The summed E-state index contributed by atoms with van der Waals surface area (Å²) in [6.07, 6.45) is 0.267. The summed E-state index contributed by atoms with van der Waals surface area (Å²) in [4.78, 5) is 37.3. The average Bonchev–Trinajstić information content (AvgIpc) is 3.14. The fraction of sp³-hybridized carbons (Fsp3) is 0.364. The Morgan fingerprint density at radius 3 is 2.44 bits per heavy atom. The maximum Gasteiger partial charge on any atom is 0.353 e. The fourth-order valence-corrected chi connectivity index (χ4v) is 3.96.